The summed E-state index contributed by atoms with van der Waals surface area (Å²) in [6.45, 7) is 1.11. The van der Waals surface area contributed by atoms with Crippen molar-refractivity contribution in [2.24, 2.45) is 0 Å². The first kappa shape index (κ1) is 13.6. The van der Waals surface area contributed by atoms with Gasteiger partial charge in [-0.3, -0.25) is 0 Å². The second kappa shape index (κ2) is 5.41. The molecule has 0 aliphatic carbocycles. The predicted molar refractivity (Wildman–Crippen MR) is 71.7 cm³/mol. The number of rotatable bonds is 3. The van der Waals surface area contributed by atoms with Crippen LogP contribution in [0.2, 0.25) is 0 Å². The van der Waals surface area contributed by atoms with Crippen molar-refractivity contribution in [3.05, 3.63) is 12.4 Å². The minimum Gasteiger partial charge on any atom is -0.368 e. The van der Waals surface area contributed by atoms with Gasteiger partial charge in [0.2, 0.25) is 16.0 Å². The molecule has 0 aromatic carbocycles. The highest BCUT2D eigenvalue weighted by Crippen LogP contribution is 2.25. The van der Waals surface area contributed by atoms with Crippen LogP contribution in [0.3, 0.4) is 0 Å². The molecule has 0 radical (unpaired) electrons. The van der Waals surface area contributed by atoms with Crippen LogP contribution in [-0.2, 0) is 10.0 Å². The Morgan fingerprint density at radius 3 is 2.39 bits per heavy atom. The van der Waals surface area contributed by atoms with Crippen LogP contribution in [0, 0.1) is 0 Å². The molecule has 1 aliphatic heterocycles. The minimum atomic E-state index is -3.47. The van der Waals surface area contributed by atoms with Crippen LogP contribution in [0.1, 0.15) is 12.8 Å². The highest BCUT2D eigenvalue weighted by atomic mass is 32.2. The number of nitrogen functional groups attached to an aromatic ring is 1. The topological polar surface area (TPSA) is 89.2 Å². The van der Waals surface area contributed by atoms with E-state index < -0.39 is 10.0 Å². The van der Waals surface area contributed by atoms with Gasteiger partial charge in [-0.05, 0) is 19.1 Å². The zero-order valence-corrected chi connectivity index (χ0v) is 11.7. The van der Waals surface area contributed by atoms with Crippen molar-refractivity contribution in [3.8, 4) is 0 Å². The zero-order valence-electron chi connectivity index (χ0n) is 10.1. The molecule has 0 saturated carbocycles. The molecule has 0 unspecified atom stereocenters. The van der Waals surface area contributed by atoms with E-state index in [1.54, 1.807) is 11.8 Å². The Morgan fingerprint density at radius 2 is 1.89 bits per heavy atom. The summed E-state index contributed by atoms with van der Waals surface area (Å²) >= 11 is 1.79. The van der Waals surface area contributed by atoms with E-state index in [9.17, 15) is 8.42 Å². The molecule has 2 heterocycles. The lowest BCUT2D eigenvalue weighted by Crippen LogP contribution is -2.39. The number of thioether (sulfide) groups is 1. The van der Waals surface area contributed by atoms with Crippen LogP contribution < -0.4 is 5.73 Å². The van der Waals surface area contributed by atoms with Crippen LogP contribution in [0.4, 0.5) is 5.95 Å². The zero-order chi connectivity index (χ0) is 13.2. The molecule has 1 aromatic heterocycles. The van der Waals surface area contributed by atoms with Gasteiger partial charge in [0.25, 0.3) is 0 Å². The van der Waals surface area contributed by atoms with Crippen molar-refractivity contribution in [2.75, 3.05) is 25.1 Å². The number of nitrogens with zero attached hydrogens (tertiary/aromatic N) is 3. The third kappa shape index (κ3) is 2.76. The number of hydrogen-bond donors (Lipinski definition) is 1. The second-order valence-electron chi connectivity index (χ2n) is 4.12. The molecule has 1 saturated heterocycles. The highest BCUT2D eigenvalue weighted by molar-refractivity contribution is 7.99. The number of hydrogen-bond acceptors (Lipinski definition) is 6. The van der Waals surface area contributed by atoms with Crippen molar-refractivity contribution >= 4 is 27.7 Å². The van der Waals surface area contributed by atoms with Gasteiger partial charge in [0, 0.05) is 18.3 Å². The average molecular weight is 288 g/mol. The number of sulfonamides is 1. The van der Waals surface area contributed by atoms with Gasteiger partial charge in [-0.25, -0.2) is 18.4 Å². The predicted octanol–water partition coefficient (Wildman–Crippen LogP) is 0.575. The highest BCUT2D eigenvalue weighted by Gasteiger charge is 2.29. The Kier molecular flexibility index (Phi) is 4.08. The van der Waals surface area contributed by atoms with E-state index in [2.05, 4.69) is 16.2 Å². The molecule has 0 amide bonds. The summed E-state index contributed by atoms with van der Waals surface area (Å²) in [5, 5.41) is 0.555. The Labute approximate surface area is 111 Å². The van der Waals surface area contributed by atoms with Crippen LogP contribution in [-0.4, -0.2) is 47.3 Å². The minimum absolute atomic E-state index is 0.0787. The van der Waals surface area contributed by atoms with Gasteiger partial charge in [0.1, 0.15) is 4.90 Å². The average Bonchev–Trinajstić information content (AvgIpc) is 2.39. The summed E-state index contributed by atoms with van der Waals surface area (Å²) in [4.78, 5) is 7.57. The van der Waals surface area contributed by atoms with Crippen LogP contribution in [0.15, 0.2) is 17.3 Å². The number of aromatic nitrogens is 2. The van der Waals surface area contributed by atoms with Crippen LogP contribution in [0.25, 0.3) is 0 Å². The Hall–Kier alpha value is -0.860. The SMILES string of the molecule is CSC1CCN(S(=O)(=O)c2cnc(N)nc2)CC1. The number of anilines is 1. The molecule has 0 spiro atoms. The van der Waals surface area contributed by atoms with Gasteiger partial charge in [-0.1, -0.05) is 0 Å². The van der Waals surface area contributed by atoms with Gasteiger partial charge >= 0.3 is 0 Å². The van der Waals surface area contributed by atoms with Crippen molar-refractivity contribution in [1.82, 2.24) is 14.3 Å². The Bertz CT molecular complexity index is 495. The lowest BCUT2D eigenvalue weighted by Gasteiger charge is -2.30. The molecule has 2 N–H and O–H groups in total. The van der Waals surface area contributed by atoms with Crippen molar-refractivity contribution in [1.29, 1.82) is 0 Å². The maximum atomic E-state index is 12.3. The molecule has 2 rings (SSSR count). The molecular formula is C10H16N4O2S2. The smallest absolute Gasteiger partial charge is 0.246 e. The van der Waals surface area contributed by atoms with E-state index >= 15 is 0 Å². The van der Waals surface area contributed by atoms with Crippen molar-refractivity contribution in [2.45, 2.75) is 23.0 Å². The maximum absolute atomic E-state index is 12.3. The maximum Gasteiger partial charge on any atom is 0.246 e. The monoisotopic (exact) mass is 288 g/mol. The molecule has 6 nitrogen and oxygen atoms in total. The molecule has 8 heteroatoms. The fraction of sp³-hybridized carbons (Fsp3) is 0.600. The summed E-state index contributed by atoms with van der Waals surface area (Å²) in [6.07, 6.45) is 6.35. The molecule has 100 valence electrons. The third-order valence-electron chi connectivity index (χ3n) is 3.02. The van der Waals surface area contributed by atoms with Gasteiger partial charge in [0.15, 0.2) is 0 Å². The van der Waals surface area contributed by atoms with Gasteiger partial charge in [-0.2, -0.15) is 16.1 Å². The van der Waals surface area contributed by atoms with Gasteiger partial charge in [0.05, 0.1) is 12.4 Å². The molecule has 1 aromatic rings. The fourth-order valence-electron chi connectivity index (χ4n) is 1.92. The molecular weight excluding hydrogens is 272 g/mol. The Balaban J connectivity index is 2.15. The fourth-order valence-corrected chi connectivity index (χ4v) is 3.96. The van der Waals surface area contributed by atoms with E-state index in [-0.39, 0.29) is 10.8 Å². The van der Waals surface area contributed by atoms with E-state index in [4.69, 9.17) is 5.73 Å². The van der Waals surface area contributed by atoms with Crippen LogP contribution in [0.5, 0.6) is 0 Å². The summed E-state index contributed by atoms with van der Waals surface area (Å²) < 4.78 is 26.1. The lowest BCUT2D eigenvalue weighted by atomic mass is 10.2. The number of nitrogens with two attached hydrogens (primary N) is 1. The summed E-state index contributed by atoms with van der Waals surface area (Å²) in [7, 11) is -3.47. The first-order chi connectivity index (χ1) is 8.54. The molecule has 18 heavy (non-hydrogen) atoms. The van der Waals surface area contributed by atoms with Crippen LogP contribution >= 0.6 is 11.8 Å². The van der Waals surface area contributed by atoms with E-state index in [0.29, 0.717) is 18.3 Å². The Morgan fingerprint density at radius 1 is 1.33 bits per heavy atom. The standard InChI is InChI=1S/C10H16N4O2S2/c1-17-8-2-4-14(5-3-8)18(15,16)9-6-12-10(11)13-7-9/h6-8H,2-5H2,1H3,(H2,11,12,13). The molecule has 0 atom stereocenters. The normalized spacial score (nSPS) is 18.9. The second-order valence-corrected chi connectivity index (χ2v) is 7.19. The largest absolute Gasteiger partial charge is 0.368 e. The van der Waals surface area contributed by atoms with Crippen molar-refractivity contribution < 1.29 is 8.42 Å². The molecule has 0 bridgehead atoms. The summed E-state index contributed by atoms with van der Waals surface area (Å²) in [6, 6.07) is 0. The van der Waals surface area contributed by atoms with E-state index in [1.807, 2.05) is 0 Å². The summed E-state index contributed by atoms with van der Waals surface area (Å²) in [5.41, 5.74) is 5.35. The van der Waals surface area contributed by atoms with Gasteiger partial charge < -0.3 is 5.73 Å². The first-order valence-corrected chi connectivity index (χ1v) is 8.37. The lowest BCUT2D eigenvalue weighted by molar-refractivity contribution is 0.352. The summed E-state index contributed by atoms with van der Waals surface area (Å²) in [5.74, 6) is 0.0787. The first-order valence-electron chi connectivity index (χ1n) is 5.64. The number of piperidine rings is 1. The molecule has 1 aliphatic rings. The van der Waals surface area contributed by atoms with Crippen molar-refractivity contribution in [3.63, 3.8) is 0 Å². The van der Waals surface area contributed by atoms with E-state index in [0.717, 1.165) is 12.8 Å². The molecule has 1 fully saturated rings. The third-order valence-corrected chi connectivity index (χ3v) is 6.01. The van der Waals surface area contributed by atoms with Gasteiger partial charge in [-0.15, -0.1) is 0 Å². The quantitative estimate of drug-likeness (QED) is 0.875. The van der Waals surface area contributed by atoms with E-state index in [1.165, 1.54) is 16.7 Å².